The summed E-state index contributed by atoms with van der Waals surface area (Å²) < 4.78 is 6.51. The Morgan fingerprint density at radius 1 is 1.12 bits per heavy atom. The lowest BCUT2D eigenvalue weighted by Crippen LogP contribution is -2.49. The van der Waals surface area contributed by atoms with E-state index in [0.29, 0.717) is 26.2 Å². The minimum Gasteiger partial charge on any atom is -0.497 e. The van der Waals surface area contributed by atoms with Crippen LogP contribution in [0, 0.1) is 0 Å². The van der Waals surface area contributed by atoms with Gasteiger partial charge in [-0.25, -0.2) is 4.79 Å². The number of rotatable bonds is 4. The van der Waals surface area contributed by atoms with E-state index >= 15 is 0 Å². The van der Waals surface area contributed by atoms with Crippen molar-refractivity contribution in [3.63, 3.8) is 0 Å². The molecule has 1 N–H and O–H groups in total. The molecule has 0 aliphatic carbocycles. The first-order chi connectivity index (χ1) is 12.0. The van der Waals surface area contributed by atoms with Gasteiger partial charge in [-0.3, -0.25) is 9.48 Å². The highest BCUT2D eigenvalue weighted by Crippen LogP contribution is 2.21. The van der Waals surface area contributed by atoms with Gasteiger partial charge in [0, 0.05) is 45.1 Å². The van der Waals surface area contributed by atoms with E-state index in [9.17, 15) is 14.7 Å². The number of aryl methyl sites for hydroxylation is 1. The Balaban J connectivity index is 1.67. The van der Waals surface area contributed by atoms with Gasteiger partial charge in [-0.15, -0.1) is 0 Å². The van der Waals surface area contributed by atoms with E-state index in [1.807, 2.05) is 24.3 Å². The number of methoxy groups -OCH3 is 1. The number of piperazine rings is 1. The molecule has 1 aliphatic heterocycles. The van der Waals surface area contributed by atoms with E-state index in [2.05, 4.69) is 10.00 Å². The summed E-state index contributed by atoms with van der Waals surface area (Å²) >= 11 is 0. The predicted molar refractivity (Wildman–Crippen MR) is 91.3 cm³/mol. The molecular weight excluding hydrogens is 324 g/mol. The molecule has 132 valence electrons. The van der Waals surface area contributed by atoms with Crippen molar-refractivity contribution < 1.29 is 19.4 Å². The van der Waals surface area contributed by atoms with Crippen molar-refractivity contribution in [2.24, 2.45) is 7.05 Å². The highest BCUT2D eigenvalue weighted by atomic mass is 16.5. The molecule has 0 bridgehead atoms. The maximum Gasteiger partial charge on any atom is 0.339 e. The van der Waals surface area contributed by atoms with Gasteiger partial charge in [0.05, 0.1) is 7.11 Å². The number of nitrogens with zero attached hydrogens (tertiary/aromatic N) is 4. The quantitative estimate of drug-likeness (QED) is 0.893. The molecule has 0 saturated carbocycles. The van der Waals surface area contributed by atoms with Crippen LogP contribution in [0.15, 0.2) is 30.5 Å². The van der Waals surface area contributed by atoms with Crippen LogP contribution in [0.5, 0.6) is 5.75 Å². The number of carboxylic acid groups (broad SMARTS) is 1. The molecule has 1 aliphatic rings. The average molecular weight is 344 g/mol. The molecule has 8 nitrogen and oxygen atoms in total. The molecule has 2 heterocycles. The van der Waals surface area contributed by atoms with Gasteiger partial charge in [-0.1, -0.05) is 0 Å². The first kappa shape index (κ1) is 16.8. The number of benzene rings is 1. The lowest BCUT2D eigenvalue weighted by atomic mass is 10.2. The molecule has 1 amide bonds. The van der Waals surface area contributed by atoms with Crippen LogP contribution in [0.2, 0.25) is 0 Å². The molecule has 25 heavy (non-hydrogen) atoms. The number of ether oxygens (including phenoxy) is 1. The van der Waals surface area contributed by atoms with Crippen LogP contribution in [-0.2, 0) is 7.05 Å². The van der Waals surface area contributed by atoms with Gasteiger partial charge in [0.15, 0.2) is 5.69 Å². The Kier molecular flexibility index (Phi) is 4.60. The van der Waals surface area contributed by atoms with Crippen molar-refractivity contribution in [2.45, 2.75) is 0 Å². The van der Waals surface area contributed by atoms with Crippen molar-refractivity contribution in [2.75, 3.05) is 38.2 Å². The summed E-state index contributed by atoms with van der Waals surface area (Å²) in [5, 5.41) is 13.2. The number of aromatic nitrogens is 2. The second kappa shape index (κ2) is 6.84. The van der Waals surface area contributed by atoms with Gasteiger partial charge in [0.2, 0.25) is 0 Å². The van der Waals surface area contributed by atoms with Gasteiger partial charge >= 0.3 is 5.97 Å². The fourth-order valence-electron chi connectivity index (χ4n) is 2.91. The van der Waals surface area contributed by atoms with E-state index in [1.54, 1.807) is 19.1 Å². The molecule has 1 aromatic carbocycles. The maximum atomic E-state index is 12.6. The van der Waals surface area contributed by atoms with E-state index in [4.69, 9.17) is 4.74 Å². The second-order valence-corrected chi connectivity index (χ2v) is 5.85. The van der Waals surface area contributed by atoms with Crippen LogP contribution in [0.4, 0.5) is 5.69 Å². The standard InChI is InChI=1S/C17H20N4O4/c1-19-11-14(17(23)24)15(18-19)16(22)21-9-7-20(8-10-21)12-3-5-13(25-2)6-4-12/h3-6,11H,7-10H2,1-2H3,(H,23,24). The zero-order chi connectivity index (χ0) is 18.0. The Morgan fingerprint density at radius 2 is 1.76 bits per heavy atom. The molecule has 8 heteroatoms. The van der Waals surface area contributed by atoms with Crippen LogP contribution >= 0.6 is 0 Å². The van der Waals surface area contributed by atoms with Crippen molar-refractivity contribution >= 4 is 17.6 Å². The minimum absolute atomic E-state index is 0.00658. The maximum absolute atomic E-state index is 12.6. The fourth-order valence-corrected chi connectivity index (χ4v) is 2.91. The SMILES string of the molecule is COc1ccc(N2CCN(C(=O)c3nn(C)cc3C(=O)O)CC2)cc1. The summed E-state index contributed by atoms with van der Waals surface area (Å²) in [5.41, 5.74) is 0.995. The van der Waals surface area contributed by atoms with Crippen molar-refractivity contribution in [3.8, 4) is 5.75 Å². The normalized spacial score (nSPS) is 14.5. The molecule has 2 aromatic rings. The molecule has 0 radical (unpaired) electrons. The molecule has 1 fully saturated rings. The first-order valence-electron chi connectivity index (χ1n) is 7.95. The number of amides is 1. The summed E-state index contributed by atoms with van der Waals surface area (Å²) in [5.74, 6) is -0.686. The molecule has 1 aromatic heterocycles. The van der Waals surface area contributed by atoms with Crippen molar-refractivity contribution in [1.82, 2.24) is 14.7 Å². The average Bonchev–Trinajstić information content (AvgIpc) is 3.03. The third kappa shape index (κ3) is 3.42. The number of hydrogen-bond donors (Lipinski definition) is 1. The molecule has 1 saturated heterocycles. The largest absolute Gasteiger partial charge is 0.497 e. The lowest BCUT2D eigenvalue weighted by molar-refractivity contribution is 0.0671. The number of carbonyl (C=O) groups is 2. The smallest absolute Gasteiger partial charge is 0.339 e. The summed E-state index contributed by atoms with van der Waals surface area (Å²) in [6.07, 6.45) is 1.35. The van der Waals surface area contributed by atoms with E-state index < -0.39 is 5.97 Å². The monoisotopic (exact) mass is 344 g/mol. The van der Waals surface area contributed by atoms with Crippen LogP contribution in [0.1, 0.15) is 20.8 Å². The topological polar surface area (TPSA) is 87.9 Å². The zero-order valence-corrected chi connectivity index (χ0v) is 14.2. The summed E-state index contributed by atoms with van der Waals surface area (Å²) in [6.45, 7) is 2.38. The molecular formula is C17H20N4O4. The third-order valence-electron chi connectivity index (χ3n) is 4.27. The Morgan fingerprint density at radius 3 is 2.32 bits per heavy atom. The number of anilines is 1. The minimum atomic E-state index is -1.15. The number of hydrogen-bond acceptors (Lipinski definition) is 5. The highest BCUT2D eigenvalue weighted by Gasteiger charge is 2.28. The van der Waals surface area contributed by atoms with Gasteiger partial charge in [-0.2, -0.15) is 5.10 Å². The van der Waals surface area contributed by atoms with Crippen LogP contribution in [0.3, 0.4) is 0 Å². The van der Waals surface area contributed by atoms with Gasteiger partial charge in [-0.05, 0) is 24.3 Å². The Bertz CT molecular complexity index is 776. The van der Waals surface area contributed by atoms with Crippen LogP contribution in [0.25, 0.3) is 0 Å². The molecule has 0 spiro atoms. The van der Waals surface area contributed by atoms with Gasteiger partial charge < -0.3 is 19.6 Å². The van der Waals surface area contributed by atoms with E-state index in [1.165, 1.54) is 10.9 Å². The summed E-state index contributed by atoms with van der Waals surface area (Å²) in [6, 6.07) is 7.77. The lowest BCUT2D eigenvalue weighted by Gasteiger charge is -2.36. The predicted octanol–water partition coefficient (Wildman–Crippen LogP) is 1.09. The van der Waals surface area contributed by atoms with Gasteiger partial charge in [0.1, 0.15) is 11.3 Å². The van der Waals surface area contributed by atoms with Crippen molar-refractivity contribution in [3.05, 3.63) is 41.7 Å². The molecule has 0 atom stereocenters. The Labute approximate surface area is 145 Å². The van der Waals surface area contributed by atoms with E-state index in [0.717, 1.165) is 11.4 Å². The Hall–Kier alpha value is -3.03. The number of carboxylic acids is 1. The van der Waals surface area contributed by atoms with Crippen LogP contribution < -0.4 is 9.64 Å². The number of carbonyl (C=O) groups excluding carboxylic acids is 1. The van der Waals surface area contributed by atoms with Crippen LogP contribution in [-0.4, -0.2) is 65.0 Å². The summed E-state index contributed by atoms with van der Waals surface area (Å²) in [4.78, 5) is 27.7. The van der Waals surface area contributed by atoms with Crippen molar-refractivity contribution in [1.29, 1.82) is 0 Å². The van der Waals surface area contributed by atoms with Gasteiger partial charge in [0.25, 0.3) is 5.91 Å². The third-order valence-corrected chi connectivity index (χ3v) is 4.27. The molecule has 0 unspecified atom stereocenters. The highest BCUT2D eigenvalue weighted by molar-refractivity contribution is 6.03. The second-order valence-electron chi connectivity index (χ2n) is 5.85. The fraction of sp³-hybridized carbons (Fsp3) is 0.353. The van der Waals surface area contributed by atoms with E-state index in [-0.39, 0.29) is 17.2 Å². The zero-order valence-electron chi connectivity index (χ0n) is 14.2. The first-order valence-corrected chi connectivity index (χ1v) is 7.95. The number of aromatic carboxylic acids is 1. The molecule has 3 rings (SSSR count). The summed E-state index contributed by atoms with van der Waals surface area (Å²) in [7, 11) is 3.23.